The second-order valence-electron chi connectivity index (χ2n) is 10.4. The van der Waals surface area contributed by atoms with Crippen LogP contribution < -0.4 is 20.5 Å². The van der Waals surface area contributed by atoms with Gasteiger partial charge in [-0.1, -0.05) is 44.2 Å². The van der Waals surface area contributed by atoms with Crippen molar-refractivity contribution in [2.75, 3.05) is 6.54 Å². The molecular formula is C31H29F4N7O3S. The highest BCUT2D eigenvalue weighted by Crippen LogP contribution is 2.25. The van der Waals surface area contributed by atoms with Gasteiger partial charge in [-0.05, 0) is 78.3 Å². The van der Waals surface area contributed by atoms with E-state index in [1.165, 1.54) is 55.9 Å². The normalized spacial score (nSPS) is 12.1. The molecule has 0 radical (unpaired) electrons. The summed E-state index contributed by atoms with van der Waals surface area (Å²) in [5, 5.41) is 7.14. The fraction of sp³-hybridized carbons (Fsp3) is 0.258. The Labute approximate surface area is 264 Å². The van der Waals surface area contributed by atoms with Crippen molar-refractivity contribution in [3.63, 3.8) is 0 Å². The number of hydrogen-bond acceptors (Lipinski definition) is 6. The van der Waals surface area contributed by atoms with E-state index in [0.29, 0.717) is 30.2 Å². The van der Waals surface area contributed by atoms with Crippen molar-refractivity contribution in [3.05, 3.63) is 105 Å². The Hall–Kier alpha value is -5.05. The van der Waals surface area contributed by atoms with Crippen LogP contribution in [0.2, 0.25) is 0 Å². The van der Waals surface area contributed by atoms with Crippen molar-refractivity contribution < 1.29 is 27.1 Å². The summed E-state index contributed by atoms with van der Waals surface area (Å²) < 4.78 is 59.5. The van der Waals surface area contributed by atoms with Gasteiger partial charge in [-0.15, -0.1) is 18.3 Å². The third kappa shape index (κ3) is 7.59. The summed E-state index contributed by atoms with van der Waals surface area (Å²) in [6, 6.07) is 16.2. The average Bonchev–Trinajstić information content (AvgIpc) is 3.61. The SMILES string of the molecule is CCn1s/c(=N/C(=O)NCCc2ccc(-c3ncn(-c4ccc(OC(F)(F)F)cc4)n3)cc2)n(-c2cc(F)ccc2C(C)C)c1=O. The summed E-state index contributed by atoms with van der Waals surface area (Å²) in [4.78, 5) is 34.5. The Morgan fingerprint density at radius 1 is 1.07 bits per heavy atom. The topological polar surface area (TPSA) is 108 Å². The molecule has 0 unspecified atom stereocenters. The van der Waals surface area contributed by atoms with Crippen LogP contribution in [0.5, 0.6) is 5.75 Å². The number of nitrogens with one attached hydrogen (secondary N) is 1. The minimum absolute atomic E-state index is 0.000430. The minimum Gasteiger partial charge on any atom is -0.406 e. The van der Waals surface area contributed by atoms with E-state index in [-0.39, 0.29) is 23.0 Å². The van der Waals surface area contributed by atoms with Crippen LogP contribution in [-0.2, 0) is 13.0 Å². The van der Waals surface area contributed by atoms with Gasteiger partial charge in [0.05, 0.1) is 11.4 Å². The molecule has 1 N–H and O–H groups in total. The molecule has 0 aliphatic rings. The van der Waals surface area contributed by atoms with Gasteiger partial charge in [0.15, 0.2) is 5.82 Å². The van der Waals surface area contributed by atoms with Gasteiger partial charge in [0.2, 0.25) is 4.80 Å². The van der Waals surface area contributed by atoms with Crippen LogP contribution in [-0.4, -0.2) is 42.2 Å². The quantitative estimate of drug-likeness (QED) is 0.197. The zero-order valence-corrected chi connectivity index (χ0v) is 25.8. The number of benzene rings is 3. The zero-order chi connectivity index (χ0) is 33.0. The molecule has 3 aromatic carbocycles. The fourth-order valence-corrected chi connectivity index (χ4v) is 5.50. The highest BCUT2D eigenvalue weighted by atomic mass is 32.1. The maximum Gasteiger partial charge on any atom is 0.573 e. The number of halogens is 4. The summed E-state index contributed by atoms with van der Waals surface area (Å²) in [7, 11) is 0. The van der Waals surface area contributed by atoms with Crippen LogP contribution in [0, 0.1) is 5.82 Å². The molecule has 5 aromatic rings. The van der Waals surface area contributed by atoms with E-state index in [4.69, 9.17) is 0 Å². The Kier molecular flexibility index (Phi) is 9.51. The Morgan fingerprint density at radius 2 is 1.78 bits per heavy atom. The van der Waals surface area contributed by atoms with Gasteiger partial charge in [0.1, 0.15) is 17.9 Å². The Balaban J connectivity index is 1.24. The lowest BCUT2D eigenvalue weighted by Gasteiger charge is -2.12. The van der Waals surface area contributed by atoms with E-state index in [1.54, 1.807) is 13.0 Å². The Morgan fingerprint density at radius 3 is 2.43 bits per heavy atom. The number of urea groups is 1. The molecule has 240 valence electrons. The predicted molar refractivity (Wildman–Crippen MR) is 164 cm³/mol. The molecule has 10 nitrogen and oxygen atoms in total. The van der Waals surface area contributed by atoms with Crippen molar-refractivity contribution >= 4 is 17.6 Å². The second kappa shape index (κ2) is 13.5. The third-order valence-corrected chi connectivity index (χ3v) is 7.93. The number of amides is 2. The predicted octanol–water partition coefficient (Wildman–Crippen LogP) is 5.98. The van der Waals surface area contributed by atoms with Crippen LogP contribution in [0.15, 0.2) is 82.8 Å². The summed E-state index contributed by atoms with van der Waals surface area (Å²) in [5.41, 5.74) is 2.84. The number of aryl methyl sites for hydroxylation is 1. The molecule has 0 saturated carbocycles. The number of ether oxygens (including phenoxy) is 1. The van der Waals surface area contributed by atoms with Crippen molar-refractivity contribution in [1.82, 2.24) is 28.6 Å². The van der Waals surface area contributed by atoms with E-state index >= 15 is 0 Å². The number of rotatable bonds is 9. The van der Waals surface area contributed by atoms with Gasteiger partial charge in [-0.3, -0.25) is 0 Å². The smallest absolute Gasteiger partial charge is 0.406 e. The molecule has 2 aromatic heterocycles. The van der Waals surface area contributed by atoms with Crippen molar-refractivity contribution in [1.29, 1.82) is 0 Å². The molecule has 0 aliphatic heterocycles. The average molecular weight is 656 g/mol. The standard InChI is InChI=1S/C31H29F4N7O3S/c1-4-41-30(44)42(26-17-22(32)9-14-25(26)19(2)3)29(46-41)38-28(43)36-16-15-20-5-7-21(8-6-20)27-37-18-40(39-27)23-10-12-24(13-11-23)45-31(33,34)35/h5-14,17-19H,4,15-16H2,1-3H3,(H,36,43)/b38-29+. The minimum atomic E-state index is -4.77. The molecule has 2 heterocycles. The van der Waals surface area contributed by atoms with E-state index in [1.807, 2.05) is 38.1 Å². The van der Waals surface area contributed by atoms with E-state index in [9.17, 15) is 27.2 Å². The largest absolute Gasteiger partial charge is 0.573 e. The van der Waals surface area contributed by atoms with Crippen molar-refractivity contribution in [2.24, 2.45) is 4.99 Å². The third-order valence-electron chi connectivity index (χ3n) is 6.86. The second-order valence-corrected chi connectivity index (χ2v) is 11.4. The van der Waals surface area contributed by atoms with Gasteiger partial charge in [-0.25, -0.2) is 32.2 Å². The fourth-order valence-electron chi connectivity index (χ4n) is 4.63. The van der Waals surface area contributed by atoms with Crippen LogP contribution in [0.25, 0.3) is 22.8 Å². The first-order chi connectivity index (χ1) is 21.9. The van der Waals surface area contributed by atoms with Crippen molar-refractivity contribution in [3.8, 4) is 28.5 Å². The zero-order valence-electron chi connectivity index (χ0n) is 25.0. The van der Waals surface area contributed by atoms with Gasteiger partial charge < -0.3 is 10.1 Å². The highest BCUT2D eigenvalue weighted by Gasteiger charge is 2.31. The van der Waals surface area contributed by atoms with Gasteiger partial charge >= 0.3 is 18.1 Å². The van der Waals surface area contributed by atoms with E-state index < -0.39 is 23.9 Å². The molecule has 2 amide bonds. The summed E-state index contributed by atoms with van der Waals surface area (Å²) >= 11 is 1.02. The van der Waals surface area contributed by atoms with Gasteiger partial charge in [-0.2, -0.15) is 4.99 Å². The summed E-state index contributed by atoms with van der Waals surface area (Å²) in [6.07, 6.45) is -2.83. The lowest BCUT2D eigenvalue weighted by atomic mass is 10.0. The first-order valence-corrected chi connectivity index (χ1v) is 15.0. The van der Waals surface area contributed by atoms with Gasteiger partial charge in [0, 0.05) is 18.7 Å². The first kappa shape index (κ1) is 32.3. The van der Waals surface area contributed by atoms with Crippen LogP contribution >= 0.6 is 11.5 Å². The number of carbonyl (C=O) groups is 1. The van der Waals surface area contributed by atoms with E-state index in [2.05, 4.69) is 25.1 Å². The number of alkyl halides is 3. The maximum absolute atomic E-state index is 14.2. The molecule has 0 atom stereocenters. The molecule has 5 rings (SSSR count). The molecule has 0 saturated heterocycles. The monoisotopic (exact) mass is 655 g/mol. The molecule has 15 heteroatoms. The Bertz CT molecular complexity index is 1960. The molecular weight excluding hydrogens is 626 g/mol. The number of nitrogens with zero attached hydrogens (tertiary/aromatic N) is 6. The van der Waals surface area contributed by atoms with Gasteiger partial charge in [0.25, 0.3) is 0 Å². The van der Waals surface area contributed by atoms with E-state index in [0.717, 1.165) is 28.2 Å². The van der Waals surface area contributed by atoms with Crippen LogP contribution in [0.3, 0.4) is 0 Å². The lowest BCUT2D eigenvalue weighted by molar-refractivity contribution is -0.274. The van der Waals surface area contributed by atoms with Crippen LogP contribution in [0.1, 0.15) is 37.8 Å². The molecule has 0 bridgehead atoms. The van der Waals surface area contributed by atoms with Crippen molar-refractivity contribution in [2.45, 2.75) is 46.0 Å². The molecule has 0 fully saturated rings. The first-order valence-electron chi connectivity index (χ1n) is 14.2. The number of hydrogen-bond donors (Lipinski definition) is 1. The summed E-state index contributed by atoms with van der Waals surface area (Å²) in [6.45, 7) is 6.30. The maximum atomic E-state index is 14.2. The molecule has 0 spiro atoms. The highest BCUT2D eigenvalue weighted by molar-refractivity contribution is 7.03. The number of carbonyl (C=O) groups excluding carboxylic acids is 1. The summed E-state index contributed by atoms with van der Waals surface area (Å²) in [5.74, 6) is -0.421. The van der Waals surface area contributed by atoms with Crippen LogP contribution in [0.4, 0.5) is 22.4 Å². The lowest BCUT2D eigenvalue weighted by Crippen LogP contribution is -2.31. The molecule has 46 heavy (non-hydrogen) atoms. The molecule has 0 aliphatic carbocycles. The number of aromatic nitrogens is 5.